The zero-order valence-electron chi connectivity index (χ0n) is 14.5. The number of aromatic nitrogens is 3. The largest absolute Gasteiger partial charge is 0.378 e. The van der Waals surface area contributed by atoms with Crippen molar-refractivity contribution in [3.05, 3.63) is 62.9 Å². The molecule has 4 rings (SSSR count). The van der Waals surface area contributed by atoms with Gasteiger partial charge in [0.2, 0.25) is 11.6 Å². The van der Waals surface area contributed by atoms with Crippen LogP contribution in [0.25, 0.3) is 0 Å². The molecule has 1 aliphatic heterocycles. The Kier molecular flexibility index (Phi) is 4.57. The lowest BCUT2D eigenvalue weighted by Crippen LogP contribution is -2.35. The standard InChI is InChI=1S/C17H15N7O3S/c18-14-13(24(26)27)15(20-9-19-14)22-17-21-11-6-7-23(8-12(11)28-17)16(25)10-4-2-1-3-5-10/h1-5,9H,6-8H2,(H3,18,19,20,21,22). The first-order valence-corrected chi connectivity index (χ1v) is 9.19. The summed E-state index contributed by atoms with van der Waals surface area (Å²) in [6, 6.07) is 9.10. The highest BCUT2D eigenvalue weighted by atomic mass is 32.1. The van der Waals surface area contributed by atoms with Crippen LogP contribution in [0.2, 0.25) is 0 Å². The van der Waals surface area contributed by atoms with Crippen LogP contribution < -0.4 is 11.1 Å². The molecular formula is C17H15N7O3S. The topological polar surface area (TPSA) is 140 Å². The molecule has 142 valence electrons. The summed E-state index contributed by atoms with van der Waals surface area (Å²) in [7, 11) is 0. The monoisotopic (exact) mass is 397 g/mol. The molecule has 0 atom stereocenters. The van der Waals surface area contributed by atoms with Crippen molar-refractivity contribution in [3.8, 4) is 0 Å². The van der Waals surface area contributed by atoms with Gasteiger partial charge in [0.25, 0.3) is 5.91 Å². The number of carbonyl (C=O) groups excluding carboxylic acids is 1. The molecule has 1 aliphatic rings. The Morgan fingerprint density at radius 2 is 2.07 bits per heavy atom. The molecule has 0 spiro atoms. The van der Waals surface area contributed by atoms with Crippen molar-refractivity contribution in [3.63, 3.8) is 0 Å². The van der Waals surface area contributed by atoms with E-state index < -0.39 is 10.6 Å². The van der Waals surface area contributed by atoms with Gasteiger partial charge >= 0.3 is 5.69 Å². The van der Waals surface area contributed by atoms with Gasteiger partial charge in [0.15, 0.2) is 5.13 Å². The van der Waals surface area contributed by atoms with Gasteiger partial charge in [0.05, 0.1) is 17.2 Å². The number of benzene rings is 1. The molecule has 2 aromatic heterocycles. The van der Waals surface area contributed by atoms with Gasteiger partial charge in [-0.2, -0.15) is 0 Å². The van der Waals surface area contributed by atoms with Crippen LogP contribution in [0.1, 0.15) is 20.9 Å². The number of hydrogen-bond donors (Lipinski definition) is 2. The molecule has 3 N–H and O–H groups in total. The van der Waals surface area contributed by atoms with E-state index in [1.807, 2.05) is 18.2 Å². The molecule has 0 unspecified atom stereocenters. The van der Waals surface area contributed by atoms with Crippen molar-refractivity contribution in [2.75, 3.05) is 17.6 Å². The van der Waals surface area contributed by atoms with Crippen molar-refractivity contribution < 1.29 is 9.72 Å². The summed E-state index contributed by atoms with van der Waals surface area (Å²) >= 11 is 1.33. The minimum absolute atomic E-state index is 0.0131. The fourth-order valence-electron chi connectivity index (χ4n) is 2.95. The summed E-state index contributed by atoms with van der Waals surface area (Å²) in [5.74, 6) is -0.266. The Labute approximate surface area is 163 Å². The van der Waals surface area contributed by atoms with Crippen LogP contribution in [0, 0.1) is 10.1 Å². The van der Waals surface area contributed by atoms with E-state index in [0.29, 0.717) is 30.2 Å². The van der Waals surface area contributed by atoms with E-state index in [1.165, 1.54) is 11.3 Å². The maximum absolute atomic E-state index is 12.7. The molecule has 10 nitrogen and oxygen atoms in total. The SMILES string of the molecule is Nc1ncnc(Nc2nc3c(s2)CN(C(=O)c2ccccc2)CC3)c1[N+](=O)[O-]. The molecule has 3 aromatic rings. The van der Waals surface area contributed by atoms with Gasteiger partial charge in [-0.25, -0.2) is 15.0 Å². The number of anilines is 3. The second-order valence-corrected chi connectivity index (χ2v) is 7.15. The predicted molar refractivity (Wildman–Crippen MR) is 103 cm³/mol. The number of amides is 1. The molecule has 0 aliphatic carbocycles. The zero-order chi connectivity index (χ0) is 19.7. The Balaban J connectivity index is 1.55. The number of nitrogens with zero attached hydrogens (tertiary/aromatic N) is 5. The number of nitrogens with one attached hydrogen (secondary N) is 1. The number of fused-ring (bicyclic) bond motifs is 1. The number of carbonyl (C=O) groups is 1. The van der Waals surface area contributed by atoms with E-state index in [0.717, 1.165) is 16.9 Å². The van der Waals surface area contributed by atoms with E-state index in [1.54, 1.807) is 17.0 Å². The highest BCUT2D eigenvalue weighted by Gasteiger charge is 2.26. The Morgan fingerprint density at radius 3 is 2.82 bits per heavy atom. The van der Waals surface area contributed by atoms with E-state index in [-0.39, 0.29) is 17.5 Å². The Bertz CT molecular complexity index is 1050. The van der Waals surface area contributed by atoms with Gasteiger partial charge in [-0.1, -0.05) is 29.5 Å². The summed E-state index contributed by atoms with van der Waals surface area (Å²) in [6.07, 6.45) is 1.76. The molecule has 0 saturated carbocycles. The summed E-state index contributed by atoms with van der Waals surface area (Å²) in [4.78, 5) is 38.0. The van der Waals surface area contributed by atoms with Crippen molar-refractivity contribution >= 4 is 39.7 Å². The van der Waals surface area contributed by atoms with Gasteiger partial charge in [-0.05, 0) is 12.1 Å². The van der Waals surface area contributed by atoms with E-state index in [9.17, 15) is 14.9 Å². The highest BCUT2D eigenvalue weighted by Crippen LogP contribution is 2.34. The van der Waals surface area contributed by atoms with E-state index in [2.05, 4.69) is 20.3 Å². The van der Waals surface area contributed by atoms with Crippen molar-refractivity contribution in [1.29, 1.82) is 0 Å². The third kappa shape index (κ3) is 3.34. The predicted octanol–water partition coefficient (Wildman–Crippen LogP) is 2.37. The molecule has 3 heterocycles. The lowest BCUT2D eigenvalue weighted by Gasteiger charge is -2.26. The molecule has 0 saturated heterocycles. The van der Waals surface area contributed by atoms with Gasteiger partial charge in [-0.3, -0.25) is 14.9 Å². The maximum atomic E-state index is 12.7. The normalized spacial score (nSPS) is 13.1. The fraction of sp³-hybridized carbons (Fsp3) is 0.176. The summed E-state index contributed by atoms with van der Waals surface area (Å²) in [5, 5.41) is 14.5. The van der Waals surface area contributed by atoms with Crippen LogP contribution in [0.5, 0.6) is 0 Å². The third-order valence-corrected chi connectivity index (χ3v) is 5.30. The summed E-state index contributed by atoms with van der Waals surface area (Å²) in [6.45, 7) is 1.00. The zero-order valence-corrected chi connectivity index (χ0v) is 15.3. The lowest BCUT2D eigenvalue weighted by molar-refractivity contribution is -0.383. The average Bonchev–Trinajstić information content (AvgIpc) is 3.09. The maximum Gasteiger partial charge on any atom is 0.353 e. The number of nitrogens with two attached hydrogens (primary N) is 1. The number of thiazole rings is 1. The Morgan fingerprint density at radius 1 is 1.29 bits per heavy atom. The number of rotatable bonds is 4. The molecule has 0 radical (unpaired) electrons. The van der Waals surface area contributed by atoms with Crippen LogP contribution in [0.3, 0.4) is 0 Å². The molecule has 11 heteroatoms. The average molecular weight is 397 g/mol. The molecule has 28 heavy (non-hydrogen) atoms. The second kappa shape index (κ2) is 7.19. The molecule has 0 bridgehead atoms. The molecule has 1 aromatic carbocycles. The van der Waals surface area contributed by atoms with Gasteiger partial charge < -0.3 is 16.0 Å². The molecule has 0 fully saturated rings. The minimum Gasteiger partial charge on any atom is -0.378 e. The first-order valence-electron chi connectivity index (χ1n) is 8.37. The van der Waals surface area contributed by atoms with Crippen LogP contribution in [0.15, 0.2) is 36.7 Å². The quantitative estimate of drug-likeness (QED) is 0.505. The number of nitrogen functional groups attached to an aromatic ring is 1. The van der Waals surface area contributed by atoms with Crippen molar-refractivity contribution in [1.82, 2.24) is 19.9 Å². The minimum atomic E-state index is -0.633. The number of hydrogen-bond acceptors (Lipinski definition) is 9. The first kappa shape index (κ1) is 17.8. The third-order valence-electron chi connectivity index (χ3n) is 4.30. The summed E-state index contributed by atoms with van der Waals surface area (Å²) < 4.78 is 0. The van der Waals surface area contributed by atoms with Gasteiger partial charge in [0.1, 0.15) is 6.33 Å². The fourth-order valence-corrected chi connectivity index (χ4v) is 3.97. The van der Waals surface area contributed by atoms with Crippen molar-refractivity contribution in [2.45, 2.75) is 13.0 Å². The van der Waals surface area contributed by atoms with Crippen LogP contribution in [0.4, 0.5) is 22.5 Å². The van der Waals surface area contributed by atoms with Gasteiger partial charge in [-0.15, -0.1) is 0 Å². The van der Waals surface area contributed by atoms with E-state index in [4.69, 9.17) is 5.73 Å². The summed E-state index contributed by atoms with van der Waals surface area (Å²) in [5.41, 5.74) is 6.70. The molecular weight excluding hydrogens is 382 g/mol. The highest BCUT2D eigenvalue weighted by molar-refractivity contribution is 7.15. The smallest absolute Gasteiger partial charge is 0.353 e. The number of nitro groups is 1. The van der Waals surface area contributed by atoms with Gasteiger partial charge in [0, 0.05) is 23.4 Å². The van der Waals surface area contributed by atoms with Crippen LogP contribution in [-0.2, 0) is 13.0 Å². The van der Waals surface area contributed by atoms with Crippen molar-refractivity contribution in [2.24, 2.45) is 0 Å². The van der Waals surface area contributed by atoms with E-state index >= 15 is 0 Å². The molecule has 1 amide bonds. The first-order chi connectivity index (χ1) is 13.5. The Hall–Kier alpha value is -3.60. The van der Waals surface area contributed by atoms with Crippen LogP contribution in [-0.4, -0.2) is 37.2 Å². The lowest BCUT2D eigenvalue weighted by atomic mass is 10.1. The van der Waals surface area contributed by atoms with Crippen LogP contribution >= 0.6 is 11.3 Å². The second-order valence-electron chi connectivity index (χ2n) is 6.07.